The number of methoxy groups -OCH3 is 1. The summed E-state index contributed by atoms with van der Waals surface area (Å²) in [6.45, 7) is 5.40. The third-order valence-corrected chi connectivity index (χ3v) is 4.67. The Kier molecular flexibility index (Phi) is 5.16. The second-order valence-corrected chi connectivity index (χ2v) is 6.03. The molecule has 0 aromatic heterocycles. The molecule has 0 aliphatic carbocycles. The van der Waals surface area contributed by atoms with Gasteiger partial charge in [0.2, 0.25) is 0 Å². The second kappa shape index (κ2) is 7.49. The molecule has 4 heteroatoms. The summed E-state index contributed by atoms with van der Waals surface area (Å²) in [6.07, 6.45) is 1.03. The van der Waals surface area contributed by atoms with E-state index in [1.165, 1.54) is 29.4 Å². The molecular formula is C20H24N2O2. The summed E-state index contributed by atoms with van der Waals surface area (Å²) in [7, 11) is 1.41. The van der Waals surface area contributed by atoms with Gasteiger partial charge in [0.15, 0.2) is 0 Å². The predicted octanol–water partition coefficient (Wildman–Crippen LogP) is 3.32. The van der Waals surface area contributed by atoms with E-state index < -0.39 is 0 Å². The minimum absolute atomic E-state index is 0.194. The summed E-state index contributed by atoms with van der Waals surface area (Å²) in [4.78, 5) is 13.9. The van der Waals surface area contributed by atoms with E-state index in [1.54, 1.807) is 0 Å². The highest BCUT2D eigenvalue weighted by atomic mass is 16.5. The van der Waals surface area contributed by atoms with Gasteiger partial charge in [0.05, 0.1) is 7.11 Å². The molecule has 0 unspecified atom stereocenters. The van der Waals surface area contributed by atoms with Crippen LogP contribution in [0, 0.1) is 0 Å². The molecule has 0 spiro atoms. The molecule has 0 atom stereocenters. The zero-order valence-corrected chi connectivity index (χ0v) is 14.3. The van der Waals surface area contributed by atoms with Crippen molar-refractivity contribution in [2.24, 2.45) is 0 Å². The maximum atomic E-state index is 11.5. The van der Waals surface area contributed by atoms with Gasteiger partial charge in [0, 0.05) is 18.8 Å². The van der Waals surface area contributed by atoms with Gasteiger partial charge in [-0.3, -0.25) is 9.69 Å². The maximum absolute atomic E-state index is 11.5. The fourth-order valence-electron chi connectivity index (χ4n) is 3.29. The monoisotopic (exact) mass is 324 g/mol. The smallest absolute Gasteiger partial charge is 0.325 e. The van der Waals surface area contributed by atoms with Crippen molar-refractivity contribution in [1.82, 2.24) is 4.90 Å². The van der Waals surface area contributed by atoms with E-state index in [0.29, 0.717) is 0 Å². The van der Waals surface area contributed by atoms with Crippen LogP contribution >= 0.6 is 0 Å². The van der Waals surface area contributed by atoms with Gasteiger partial charge in [-0.2, -0.15) is 0 Å². The van der Waals surface area contributed by atoms with Crippen molar-refractivity contribution in [3.8, 4) is 11.1 Å². The highest BCUT2D eigenvalue weighted by Crippen LogP contribution is 2.34. The number of likely N-dealkylation sites (N-methyl/N-ethyl adjacent to an activating group) is 1. The SMILES string of the molecule is CCN1CCc2c(-c3ccccc3)ccc(NCC(=O)OC)c2C1. The second-order valence-electron chi connectivity index (χ2n) is 6.03. The van der Waals surface area contributed by atoms with Crippen molar-refractivity contribution < 1.29 is 9.53 Å². The van der Waals surface area contributed by atoms with Gasteiger partial charge in [-0.05, 0) is 41.3 Å². The molecule has 1 N–H and O–H groups in total. The molecule has 2 aromatic rings. The van der Waals surface area contributed by atoms with Crippen LogP contribution in [0.4, 0.5) is 5.69 Å². The van der Waals surface area contributed by atoms with Crippen LogP contribution in [0.3, 0.4) is 0 Å². The molecule has 2 aromatic carbocycles. The molecule has 0 amide bonds. The number of nitrogens with zero attached hydrogens (tertiary/aromatic N) is 1. The first-order chi connectivity index (χ1) is 11.7. The van der Waals surface area contributed by atoms with Crippen molar-refractivity contribution in [1.29, 1.82) is 0 Å². The van der Waals surface area contributed by atoms with Crippen LogP contribution in [0.15, 0.2) is 42.5 Å². The van der Waals surface area contributed by atoms with Crippen molar-refractivity contribution in [3.05, 3.63) is 53.6 Å². The van der Waals surface area contributed by atoms with Crippen molar-refractivity contribution in [2.45, 2.75) is 19.9 Å². The van der Waals surface area contributed by atoms with E-state index in [4.69, 9.17) is 4.74 Å². The summed E-state index contributed by atoms with van der Waals surface area (Å²) in [6, 6.07) is 14.8. The van der Waals surface area contributed by atoms with Crippen molar-refractivity contribution >= 4 is 11.7 Å². The molecule has 0 bridgehead atoms. The standard InChI is InChI=1S/C20H24N2O2/c1-3-22-12-11-17-16(15-7-5-4-6-8-15)9-10-19(18(17)14-22)21-13-20(23)24-2/h4-10,21H,3,11-14H2,1-2H3. The Balaban J connectivity index is 1.98. The molecular weight excluding hydrogens is 300 g/mol. The average Bonchev–Trinajstić information content (AvgIpc) is 2.65. The Labute approximate surface area is 143 Å². The fourth-order valence-corrected chi connectivity index (χ4v) is 3.29. The maximum Gasteiger partial charge on any atom is 0.325 e. The summed E-state index contributed by atoms with van der Waals surface area (Å²) < 4.78 is 4.74. The summed E-state index contributed by atoms with van der Waals surface area (Å²) in [5.74, 6) is -0.251. The highest BCUT2D eigenvalue weighted by molar-refractivity contribution is 5.78. The van der Waals surface area contributed by atoms with E-state index in [-0.39, 0.29) is 12.5 Å². The number of anilines is 1. The van der Waals surface area contributed by atoms with Crippen LogP contribution in [0.1, 0.15) is 18.1 Å². The minimum Gasteiger partial charge on any atom is -0.468 e. The fraction of sp³-hybridized carbons (Fsp3) is 0.350. The van der Waals surface area contributed by atoms with Gasteiger partial charge in [0.1, 0.15) is 6.54 Å². The number of nitrogens with one attached hydrogen (secondary N) is 1. The zero-order valence-electron chi connectivity index (χ0n) is 14.3. The van der Waals surface area contributed by atoms with E-state index in [1.807, 2.05) is 6.07 Å². The Hall–Kier alpha value is -2.33. The van der Waals surface area contributed by atoms with Gasteiger partial charge in [0.25, 0.3) is 0 Å². The first-order valence-electron chi connectivity index (χ1n) is 8.46. The molecule has 4 nitrogen and oxygen atoms in total. The van der Waals surface area contributed by atoms with E-state index in [2.05, 4.69) is 53.5 Å². The van der Waals surface area contributed by atoms with E-state index in [9.17, 15) is 4.79 Å². The topological polar surface area (TPSA) is 41.6 Å². The summed E-state index contributed by atoms with van der Waals surface area (Å²) in [5.41, 5.74) is 6.27. The van der Waals surface area contributed by atoms with Crippen LogP contribution in [0.5, 0.6) is 0 Å². The largest absolute Gasteiger partial charge is 0.468 e. The van der Waals surface area contributed by atoms with Crippen LogP contribution in [0.2, 0.25) is 0 Å². The Morgan fingerprint density at radius 1 is 1.17 bits per heavy atom. The molecule has 0 saturated carbocycles. The molecule has 1 aliphatic heterocycles. The third-order valence-electron chi connectivity index (χ3n) is 4.67. The van der Waals surface area contributed by atoms with Crippen LogP contribution in [-0.2, 0) is 22.5 Å². The molecule has 0 radical (unpaired) electrons. The molecule has 126 valence electrons. The Morgan fingerprint density at radius 3 is 2.67 bits per heavy atom. The van der Waals surface area contributed by atoms with Crippen LogP contribution < -0.4 is 5.32 Å². The number of hydrogen-bond acceptors (Lipinski definition) is 4. The number of carbonyl (C=O) groups excluding carboxylic acids is 1. The number of benzene rings is 2. The molecule has 24 heavy (non-hydrogen) atoms. The highest BCUT2D eigenvalue weighted by Gasteiger charge is 2.21. The lowest BCUT2D eigenvalue weighted by atomic mass is 9.89. The van der Waals surface area contributed by atoms with Crippen molar-refractivity contribution in [2.75, 3.05) is 32.1 Å². The van der Waals surface area contributed by atoms with Gasteiger partial charge < -0.3 is 10.1 Å². The minimum atomic E-state index is -0.251. The summed E-state index contributed by atoms with van der Waals surface area (Å²) in [5, 5.41) is 3.25. The summed E-state index contributed by atoms with van der Waals surface area (Å²) >= 11 is 0. The number of fused-ring (bicyclic) bond motifs is 1. The molecule has 0 fully saturated rings. The van der Waals surface area contributed by atoms with Crippen LogP contribution in [0.25, 0.3) is 11.1 Å². The lowest BCUT2D eigenvalue weighted by molar-refractivity contribution is -0.138. The van der Waals surface area contributed by atoms with Gasteiger partial charge in [-0.1, -0.05) is 43.3 Å². The third kappa shape index (κ3) is 3.44. The molecule has 1 aliphatic rings. The molecule has 1 heterocycles. The number of esters is 1. The quantitative estimate of drug-likeness (QED) is 0.857. The first kappa shape index (κ1) is 16.5. The van der Waals surface area contributed by atoms with E-state index in [0.717, 1.165) is 31.7 Å². The number of rotatable bonds is 5. The normalized spacial score (nSPS) is 14.1. The zero-order chi connectivity index (χ0) is 16.9. The number of carbonyl (C=O) groups is 1. The Bertz CT molecular complexity index is 713. The predicted molar refractivity (Wildman–Crippen MR) is 97.0 cm³/mol. The molecule has 3 rings (SSSR count). The van der Waals surface area contributed by atoms with Gasteiger partial charge in [-0.15, -0.1) is 0 Å². The van der Waals surface area contributed by atoms with Crippen molar-refractivity contribution in [3.63, 3.8) is 0 Å². The lowest BCUT2D eigenvalue weighted by Gasteiger charge is -2.31. The van der Waals surface area contributed by atoms with Gasteiger partial charge in [-0.25, -0.2) is 0 Å². The average molecular weight is 324 g/mol. The Morgan fingerprint density at radius 2 is 1.96 bits per heavy atom. The first-order valence-corrected chi connectivity index (χ1v) is 8.46. The van der Waals surface area contributed by atoms with E-state index >= 15 is 0 Å². The van der Waals surface area contributed by atoms with Gasteiger partial charge >= 0.3 is 5.97 Å². The van der Waals surface area contributed by atoms with Crippen LogP contribution in [-0.4, -0.2) is 37.6 Å². The molecule has 0 saturated heterocycles. The number of hydrogen-bond donors (Lipinski definition) is 1. The lowest BCUT2D eigenvalue weighted by Crippen LogP contribution is -2.31. The number of ether oxygens (including phenoxy) is 1.